The molecule has 1 N–H and O–H groups in total. The number of nitrogens with one attached hydrogen (secondary N) is 1. The number of hydrogen-bond acceptors (Lipinski definition) is 2. The zero-order valence-electron chi connectivity index (χ0n) is 12.4. The quantitative estimate of drug-likeness (QED) is 0.927. The molecule has 0 amide bonds. The molecule has 1 aromatic heterocycles. The summed E-state index contributed by atoms with van der Waals surface area (Å²) in [6, 6.07) is 8.71. The molecule has 106 valence electrons. The van der Waals surface area contributed by atoms with E-state index in [1.807, 2.05) is 0 Å². The third-order valence-corrected chi connectivity index (χ3v) is 4.21. The first-order chi connectivity index (χ1) is 9.72. The Labute approximate surface area is 121 Å². The predicted octanol–water partition coefficient (Wildman–Crippen LogP) is 3.17. The van der Waals surface area contributed by atoms with Crippen LogP contribution < -0.4 is 5.32 Å². The summed E-state index contributed by atoms with van der Waals surface area (Å²) in [6.07, 6.45) is 4.74. The SMILES string of the molecule is Cc1ccc(-c2cn(CC3CCNCC3)nc2C)cc1. The molecule has 1 aromatic carbocycles. The van der Waals surface area contributed by atoms with Crippen molar-refractivity contribution in [2.45, 2.75) is 33.2 Å². The molecule has 0 spiro atoms. The van der Waals surface area contributed by atoms with Crippen LogP contribution in [0.2, 0.25) is 0 Å². The summed E-state index contributed by atoms with van der Waals surface area (Å²) in [5, 5.41) is 8.12. The average Bonchev–Trinajstić information content (AvgIpc) is 2.81. The number of benzene rings is 1. The summed E-state index contributed by atoms with van der Waals surface area (Å²) in [5.41, 5.74) is 4.96. The zero-order valence-corrected chi connectivity index (χ0v) is 12.4. The van der Waals surface area contributed by atoms with Gasteiger partial charge in [-0.15, -0.1) is 0 Å². The van der Waals surface area contributed by atoms with E-state index < -0.39 is 0 Å². The Kier molecular flexibility index (Phi) is 3.88. The van der Waals surface area contributed by atoms with E-state index in [0.29, 0.717) is 0 Å². The number of nitrogens with zero attached hydrogens (tertiary/aromatic N) is 2. The van der Waals surface area contributed by atoms with Gasteiger partial charge < -0.3 is 5.32 Å². The lowest BCUT2D eigenvalue weighted by Crippen LogP contribution is -2.30. The van der Waals surface area contributed by atoms with E-state index in [0.717, 1.165) is 31.2 Å². The van der Waals surface area contributed by atoms with Gasteiger partial charge in [-0.1, -0.05) is 29.8 Å². The average molecular weight is 269 g/mol. The van der Waals surface area contributed by atoms with Gasteiger partial charge >= 0.3 is 0 Å². The Hall–Kier alpha value is -1.61. The molecular weight excluding hydrogens is 246 g/mol. The molecule has 0 saturated carbocycles. The Morgan fingerprint density at radius 3 is 2.55 bits per heavy atom. The summed E-state index contributed by atoms with van der Waals surface area (Å²) in [7, 11) is 0. The van der Waals surface area contributed by atoms with Gasteiger partial charge in [0.25, 0.3) is 0 Å². The molecule has 0 bridgehead atoms. The minimum Gasteiger partial charge on any atom is -0.317 e. The normalized spacial score (nSPS) is 16.5. The van der Waals surface area contributed by atoms with Gasteiger partial charge in [0.05, 0.1) is 5.69 Å². The van der Waals surface area contributed by atoms with Gasteiger partial charge in [-0.25, -0.2) is 0 Å². The topological polar surface area (TPSA) is 29.9 Å². The maximum absolute atomic E-state index is 4.70. The highest BCUT2D eigenvalue weighted by atomic mass is 15.3. The van der Waals surface area contributed by atoms with Crippen LogP contribution in [-0.4, -0.2) is 22.9 Å². The molecule has 2 heterocycles. The maximum Gasteiger partial charge on any atom is 0.0672 e. The maximum atomic E-state index is 4.70. The molecule has 1 aliphatic rings. The van der Waals surface area contributed by atoms with Crippen LogP contribution in [0.3, 0.4) is 0 Å². The molecule has 0 aliphatic carbocycles. The molecule has 0 atom stereocenters. The molecule has 1 saturated heterocycles. The summed E-state index contributed by atoms with van der Waals surface area (Å²) in [4.78, 5) is 0. The molecule has 0 radical (unpaired) electrons. The van der Waals surface area contributed by atoms with Crippen LogP contribution in [0.15, 0.2) is 30.5 Å². The first kappa shape index (κ1) is 13.4. The minimum atomic E-state index is 0.765. The van der Waals surface area contributed by atoms with Crippen LogP contribution in [0.25, 0.3) is 11.1 Å². The Morgan fingerprint density at radius 2 is 1.85 bits per heavy atom. The van der Waals surface area contributed by atoms with E-state index in [9.17, 15) is 0 Å². The van der Waals surface area contributed by atoms with Gasteiger partial charge in [0.2, 0.25) is 0 Å². The molecule has 1 fully saturated rings. The highest BCUT2D eigenvalue weighted by Crippen LogP contribution is 2.24. The molecule has 0 unspecified atom stereocenters. The fourth-order valence-electron chi connectivity index (χ4n) is 2.96. The van der Waals surface area contributed by atoms with E-state index in [-0.39, 0.29) is 0 Å². The molecule has 1 aliphatic heterocycles. The second-order valence-corrected chi connectivity index (χ2v) is 5.91. The first-order valence-corrected chi connectivity index (χ1v) is 7.54. The lowest BCUT2D eigenvalue weighted by atomic mass is 9.98. The molecule has 2 aromatic rings. The van der Waals surface area contributed by atoms with Gasteiger partial charge in [0.1, 0.15) is 0 Å². The van der Waals surface area contributed by atoms with Gasteiger partial charge in [0, 0.05) is 18.3 Å². The number of piperidine rings is 1. The van der Waals surface area contributed by atoms with Crippen molar-refractivity contribution < 1.29 is 0 Å². The highest BCUT2D eigenvalue weighted by molar-refractivity contribution is 5.65. The third-order valence-electron chi connectivity index (χ3n) is 4.21. The van der Waals surface area contributed by atoms with E-state index in [1.54, 1.807) is 0 Å². The summed E-state index contributed by atoms with van der Waals surface area (Å²) >= 11 is 0. The van der Waals surface area contributed by atoms with Crippen molar-refractivity contribution in [2.24, 2.45) is 5.92 Å². The Balaban J connectivity index is 1.78. The standard InChI is InChI=1S/C17H23N3/c1-13-3-5-16(6-4-13)17-12-20(19-14(17)2)11-15-7-9-18-10-8-15/h3-6,12,15,18H,7-11H2,1-2H3. The van der Waals surface area contributed by atoms with Gasteiger partial charge in [0.15, 0.2) is 0 Å². The van der Waals surface area contributed by atoms with E-state index in [1.165, 1.54) is 29.5 Å². The van der Waals surface area contributed by atoms with E-state index in [2.05, 4.69) is 54.3 Å². The van der Waals surface area contributed by atoms with Crippen molar-refractivity contribution in [2.75, 3.05) is 13.1 Å². The third kappa shape index (κ3) is 2.93. The van der Waals surface area contributed by atoms with Crippen molar-refractivity contribution in [1.29, 1.82) is 0 Å². The van der Waals surface area contributed by atoms with Crippen LogP contribution in [0, 0.1) is 19.8 Å². The largest absolute Gasteiger partial charge is 0.317 e. The number of aromatic nitrogens is 2. The highest BCUT2D eigenvalue weighted by Gasteiger charge is 2.15. The van der Waals surface area contributed by atoms with Crippen LogP contribution in [0.5, 0.6) is 0 Å². The lowest BCUT2D eigenvalue weighted by Gasteiger charge is -2.22. The molecule has 3 heteroatoms. The van der Waals surface area contributed by atoms with Gasteiger partial charge in [-0.3, -0.25) is 4.68 Å². The van der Waals surface area contributed by atoms with Crippen molar-refractivity contribution in [1.82, 2.24) is 15.1 Å². The van der Waals surface area contributed by atoms with Crippen molar-refractivity contribution >= 4 is 0 Å². The zero-order chi connectivity index (χ0) is 13.9. The number of rotatable bonds is 3. The van der Waals surface area contributed by atoms with Crippen LogP contribution in [0.1, 0.15) is 24.1 Å². The van der Waals surface area contributed by atoms with Crippen LogP contribution in [-0.2, 0) is 6.54 Å². The van der Waals surface area contributed by atoms with Crippen molar-refractivity contribution in [3.63, 3.8) is 0 Å². The van der Waals surface area contributed by atoms with E-state index >= 15 is 0 Å². The van der Waals surface area contributed by atoms with Crippen molar-refractivity contribution in [3.05, 3.63) is 41.7 Å². The van der Waals surface area contributed by atoms with Crippen LogP contribution >= 0.6 is 0 Å². The van der Waals surface area contributed by atoms with Crippen molar-refractivity contribution in [3.8, 4) is 11.1 Å². The van der Waals surface area contributed by atoms with Crippen LogP contribution in [0.4, 0.5) is 0 Å². The lowest BCUT2D eigenvalue weighted by molar-refractivity contribution is 0.321. The Bertz CT molecular complexity index is 562. The molecule has 20 heavy (non-hydrogen) atoms. The van der Waals surface area contributed by atoms with Gasteiger partial charge in [-0.2, -0.15) is 5.10 Å². The van der Waals surface area contributed by atoms with Gasteiger partial charge in [-0.05, 0) is 51.3 Å². The first-order valence-electron chi connectivity index (χ1n) is 7.54. The minimum absolute atomic E-state index is 0.765. The predicted molar refractivity (Wildman–Crippen MR) is 82.7 cm³/mol. The fraction of sp³-hybridized carbons (Fsp3) is 0.471. The number of aryl methyl sites for hydroxylation is 2. The molecule has 3 rings (SSSR count). The Morgan fingerprint density at radius 1 is 1.15 bits per heavy atom. The summed E-state index contributed by atoms with van der Waals surface area (Å²) in [5.74, 6) is 0.765. The summed E-state index contributed by atoms with van der Waals surface area (Å²) in [6.45, 7) is 7.57. The molecular formula is C17H23N3. The summed E-state index contributed by atoms with van der Waals surface area (Å²) < 4.78 is 2.14. The second-order valence-electron chi connectivity index (χ2n) is 5.91. The number of hydrogen-bond donors (Lipinski definition) is 1. The smallest absolute Gasteiger partial charge is 0.0672 e. The van der Waals surface area contributed by atoms with E-state index in [4.69, 9.17) is 5.10 Å². The monoisotopic (exact) mass is 269 g/mol. The fourth-order valence-corrected chi connectivity index (χ4v) is 2.96. The second kappa shape index (κ2) is 5.80. The molecule has 3 nitrogen and oxygen atoms in total.